The lowest BCUT2D eigenvalue weighted by molar-refractivity contribution is -0.126. The standard InChI is InChI=1S/C20H15ClN2O2S2/c1-12-20(25)23(11-16(24)13-6-8-14(21)9-7-13)19(26-12)10-18-22-15-4-2-3-5-17(15)27-18/h2-10,12H,11H2,1H3/b19-10+. The van der Waals surface area contributed by atoms with Gasteiger partial charge in [0.1, 0.15) is 5.01 Å². The Hall–Kier alpha value is -2.15. The summed E-state index contributed by atoms with van der Waals surface area (Å²) in [6, 6.07) is 14.6. The number of thioether (sulfide) groups is 1. The zero-order chi connectivity index (χ0) is 19.0. The molecule has 0 saturated carbocycles. The number of hydrogen-bond donors (Lipinski definition) is 0. The van der Waals surface area contributed by atoms with E-state index >= 15 is 0 Å². The summed E-state index contributed by atoms with van der Waals surface area (Å²) in [4.78, 5) is 31.3. The number of Topliss-reactive ketones (excluding diaryl/α,β-unsaturated/α-hetero) is 1. The summed E-state index contributed by atoms with van der Waals surface area (Å²) in [5.41, 5.74) is 1.47. The van der Waals surface area contributed by atoms with Crippen LogP contribution in [-0.2, 0) is 4.79 Å². The van der Waals surface area contributed by atoms with Crippen molar-refractivity contribution in [2.24, 2.45) is 0 Å². The first kappa shape index (κ1) is 18.2. The number of nitrogens with zero attached hydrogens (tertiary/aromatic N) is 2. The van der Waals surface area contributed by atoms with Crippen LogP contribution in [0.5, 0.6) is 0 Å². The Morgan fingerprint density at radius 3 is 2.70 bits per heavy atom. The zero-order valence-corrected chi connectivity index (χ0v) is 16.8. The van der Waals surface area contributed by atoms with E-state index in [4.69, 9.17) is 11.6 Å². The van der Waals surface area contributed by atoms with Crippen molar-refractivity contribution in [1.82, 2.24) is 9.88 Å². The Balaban J connectivity index is 1.61. The first-order chi connectivity index (χ1) is 13.0. The second-order valence-corrected chi connectivity index (χ2v) is 8.98. The van der Waals surface area contributed by atoms with Gasteiger partial charge in [-0.15, -0.1) is 11.3 Å². The molecule has 1 saturated heterocycles. The maximum atomic E-state index is 12.6. The molecule has 4 rings (SSSR count). The number of para-hydroxylation sites is 1. The van der Waals surface area contributed by atoms with E-state index in [1.54, 1.807) is 40.5 Å². The molecule has 1 fully saturated rings. The third kappa shape index (κ3) is 3.78. The number of carbonyl (C=O) groups excluding carboxylic acids is 2. The lowest BCUT2D eigenvalue weighted by Gasteiger charge is -2.16. The van der Waals surface area contributed by atoms with Gasteiger partial charge < -0.3 is 0 Å². The molecule has 2 aromatic carbocycles. The fourth-order valence-electron chi connectivity index (χ4n) is 2.82. The molecule has 0 N–H and O–H groups in total. The van der Waals surface area contributed by atoms with Gasteiger partial charge in [0.2, 0.25) is 5.91 Å². The normalized spacial score (nSPS) is 18.6. The number of aromatic nitrogens is 1. The molecule has 0 spiro atoms. The van der Waals surface area contributed by atoms with Gasteiger partial charge >= 0.3 is 0 Å². The van der Waals surface area contributed by atoms with Gasteiger partial charge in [-0.2, -0.15) is 0 Å². The second kappa shape index (κ2) is 7.46. The van der Waals surface area contributed by atoms with Crippen LogP contribution in [0.4, 0.5) is 0 Å². The molecule has 3 aromatic rings. The number of ketones is 1. The SMILES string of the molecule is CC1S/C(=C/c2nc3ccccc3s2)N(CC(=O)c2ccc(Cl)cc2)C1=O. The molecule has 27 heavy (non-hydrogen) atoms. The van der Waals surface area contributed by atoms with Crippen molar-refractivity contribution in [1.29, 1.82) is 0 Å². The molecule has 0 aliphatic carbocycles. The number of hydrogen-bond acceptors (Lipinski definition) is 5. The Morgan fingerprint density at radius 2 is 1.96 bits per heavy atom. The summed E-state index contributed by atoms with van der Waals surface area (Å²) in [5.74, 6) is -0.181. The topological polar surface area (TPSA) is 50.3 Å². The van der Waals surface area contributed by atoms with Crippen LogP contribution in [0.1, 0.15) is 22.3 Å². The van der Waals surface area contributed by atoms with Gasteiger partial charge in [-0.05, 0) is 43.3 Å². The van der Waals surface area contributed by atoms with Crippen LogP contribution in [0.3, 0.4) is 0 Å². The van der Waals surface area contributed by atoms with Crippen LogP contribution in [0.2, 0.25) is 5.02 Å². The van der Waals surface area contributed by atoms with E-state index in [1.165, 1.54) is 11.8 Å². The average Bonchev–Trinajstić information content (AvgIpc) is 3.18. The van der Waals surface area contributed by atoms with Gasteiger partial charge in [-0.1, -0.05) is 35.5 Å². The predicted molar refractivity (Wildman–Crippen MR) is 112 cm³/mol. The number of rotatable bonds is 4. The van der Waals surface area contributed by atoms with Gasteiger partial charge in [0.15, 0.2) is 5.78 Å². The monoisotopic (exact) mass is 414 g/mol. The third-order valence-corrected chi connectivity index (χ3v) is 6.57. The summed E-state index contributed by atoms with van der Waals surface area (Å²) >= 11 is 8.91. The molecule has 1 aliphatic heterocycles. The highest BCUT2D eigenvalue weighted by Gasteiger charge is 2.35. The first-order valence-corrected chi connectivity index (χ1v) is 10.4. The highest BCUT2D eigenvalue weighted by molar-refractivity contribution is 8.04. The van der Waals surface area contributed by atoms with Gasteiger partial charge in [-0.25, -0.2) is 4.98 Å². The molecule has 0 bridgehead atoms. The van der Waals surface area contributed by atoms with Crippen molar-refractivity contribution in [3.8, 4) is 0 Å². The molecule has 1 aliphatic rings. The van der Waals surface area contributed by atoms with E-state index in [-0.39, 0.29) is 23.5 Å². The minimum atomic E-state index is -0.219. The van der Waals surface area contributed by atoms with Gasteiger partial charge in [0, 0.05) is 16.7 Å². The molecule has 0 radical (unpaired) electrons. The molecule has 1 atom stereocenters. The van der Waals surface area contributed by atoms with E-state index in [2.05, 4.69) is 4.98 Å². The Labute approximate surface area is 169 Å². The lowest BCUT2D eigenvalue weighted by Crippen LogP contribution is -2.32. The van der Waals surface area contributed by atoms with E-state index in [9.17, 15) is 9.59 Å². The first-order valence-electron chi connectivity index (χ1n) is 8.35. The fraction of sp³-hybridized carbons (Fsp3) is 0.150. The van der Waals surface area contributed by atoms with Gasteiger partial charge in [0.05, 0.1) is 27.0 Å². The number of amides is 1. The molecular formula is C20H15ClN2O2S2. The number of thiazole rings is 1. The van der Waals surface area contributed by atoms with Gasteiger partial charge in [-0.3, -0.25) is 14.5 Å². The number of benzene rings is 2. The minimum Gasteiger partial charge on any atom is -0.298 e. The predicted octanol–water partition coefficient (Wildman–Crippen LogP) is 5.09. The molecule has 7 heteroatoms. The molecule has 1 amide bonds. The second-order valence-electron chi connectivity index (χ2n) is 6.12. The number of fused-ring (bicyclic) bond motifs is 1. The molecule has 1 unspecified atom stereocenters. The van der Waals surface area contributed by atoms with Crippen LogP contribution in [0.25, 0.3) is 16.3 Å². The quantitative estimate of drug-likeness (QED) is 0.557. The summed E-state index contributed by atoms with van der Waals surface area (Å²) in [6.07, 6.45) is 1.89. The zero-order valence-electron chi connectivity index (χ0n) is 14.4. The minimum absolute atomic E-state index is 0.00847. The number of halogens is 1. The summed E-state index contributed by atoms with van der Waals surface area (Å²) in [7, 11) is 0. The average molecular weight is 415 g/mol. The molecule has 4 nitrogen and oxygen atoms in total. The van der Waals surface area contributed by atoms with E-state index < -0.39 is 0 Å². The maximum absolute atomic E-state index is 12.6. The van der Waals surface area contributed by atoms with Crippen molar-refractivity contribution in [2.45, 2.75) is 12.2 Å². The molecule has 136 valence electrons. The number of carbonyl (C=O) groups is 2. The smallest absolute Gasteiger partial charge is 0.241 e. The van der Waals surface area contributed by atoms with Crippen molar-refractivity contribution < 1.29 is 9.59 Å². The molecule has 1 aromatic heterocycles. The van der Waals surface area contributed by atoms with Crippen LogP contribution >= 0.6 is 34.7 Å². The molecular weight excluding hydrogens is 400 g/mol. The molecule has 2 heterocycles. The van der Waals surface area contributed by atoms with Crippen molar-refractivity contribution >= 4 is 62.7 Å². The summed E-state index contributed by atoms with van der Waals surface area (Å²) < 4.78 is 1.09. The van der Waals surface area contributed by atoms with E-state index in [0.717, 1.165) is 20.3 Å². The van der Waals surface area contributed by atoms with E-state index in [0.29, 0.717) is 10.6 Å². The fourth-order valence-corrected chi connectivity index (χ4v) is 4.98. The largest absolute Gasteiger partial charge is 0.298 e. The van der Waals surface area contributed by atoms with Crippen LogP contribution < -0.4 is 0 Å². The Kier molecular flexibility index (Phi) is 5.04. The van der Waals surface area contributed by atoms with Crippen molar-refractivity contribution in [3.05, 3.63) is 69.2 Å². The summed E-state index contributed by atoms with van der Waals surface area (Å²) in [6.45, 7) is 1.86. The van der Waals surface area contributed by atoms with E-state index in [1.807, 2.05) is 37.3 Å². The van der Waals surface area contributed by atoms with Crippen LogP contribution in [-0.4, -0.2) is 33.4 Å². The van der Waals surface area contributed by atoms with Crippen LogP contribution in [0, 0.1) is 0 Å². The van der Waals surface area contributed by atoms with Gasteiger partial charge in [0.25, 0.3) is 0 Å². The highest BCUT2D eigenvalue weighted by atomic mass is 35.5. The Bertz CT molecular complexity index is 1030. The highest BCUT2D eigenvalue weighted by Crippen LogP contribution is 2.37. The lowest BCUT2D eigenvalue weighted by atomic mass is 10.1. The van der Waals surface area contributed by atoms with Crippen molar-refractivity contribution in [3.63, 3.8) is 0 Å². The van der Waals surface area contributed by atoms with Crippen molar-refractivity contribution in [2.75, 3.05) is 6.54 Å². The third-order valence-electron chi connectivity index (χ3n) is 4.20. The maximum Gasteiger partial charge on any atom is 0.241 e. The Morgan fingerprint density at radius 1 is 1.22 bits per heavy atom. The summed E-state index contributed by atoms with van der Waals surface area (Å²) in [5, 5.41) is 1.94. The van der Waals surface area contributed by atoms with Crippen LogP contribution in [0.15, 0.2) is 53.6 Å².